The molecule has 3 rings (SSSR count). The summed E-state index contributed by atoms with van der Waals surface area (Å²) in [6.45, 7) is 5.42. The van der Waals surface area contributed by atoms with Crippen LogP contribution in [0.25, 0.3) is 0 Å². The number of nitrogens with two attached hydrogens (primary N) is 1. The Kier molecular flexibility index (Phi) is 10.1. The number of ether oxygens (including phenoxy) is 2. The van der Waals surface area contributed by atoms with Gasteiger partial charge in [-0.2, -0.15) is 0 Å². The maximum atomic E-state index is 11.3. The summed E-state index contributed by atoms with van der Waals surface area (Å²) in [7, 11) is 1.72. The predicted octanol–water partition coefficient (Wildman–Crippen LogP) is 2.99. The second-order valence-corrected chi connectivity index (χ2v) is 7.50. The number of aryl methyl sites for hydroxylation is 1. The largest absolute Gasteiger partial charge is 0.493 e. The van der Waals surface area contributed by atoms with Gasteiger partial charge in [-0.25, -0.2) is 0 Å². The maximum absolute atomic E-state index is 11.3. The number of hydrogen-bond acceptors (Lipinski definition) is 4. The summed E-state index contributed by atoms with van der Waals surface area (Å²) in [6, 6.07) is 13.5. The number of nitrogens with zero attached hydrogens (tertiary/aromatic N) is 1. The van der Waals surface area contributed by atoms with Crippen molar-refractivity contribution in [2.45, 2.75) is 26.4 Å². The number of guanidine groups is 1. The van der Waals surface area contributed by atoms with Gasteiger partial charge < -0.3 is 25.8 Å². The molecule has 0 spiro atoms. The predicted molar refractivity (Wildman–Crippen MR) is 133 cm³/mol. The molecule has 1 unspecified atom stereocenters. The van der Waals surface area contributed by atoms with Crippen molar-refractivity contribution in [2.75, 3.05) is 26.9 Å². The highest BCUT2D eigenvalue weighted by Crippen LogP contribution is 2.22. The summed E-state index contributed by atoms with van der Waals surface area (Å²) >= 11 is 0. The maximum Gasteiger partial charge on any atom is 0.248 e. The number of halogens is 1. The van der Waals surface area contributed by atoms with Crippen LogP contribution in [0.3, 0.4) is 0 Å². The number of hydrogen-bond donors (Lipinski definition) is 3. The van der Waals surface area contributed by atoms with E-state index in [1.807, 2.05) is 12.1 Å². The van der Waals surface area contributed by atoms with Crippen molar-refractivity contribution in [3.05, 3.63) is 64.7 Å². The second-order valence-electron chi connectivity index (χ2n) is 7.50. The number of amides is 1. The number of carbonyl (C=O) groups is 1. The van der Waals surface area contributed by atoms with E-state index in [0.717, 1.165) is 42.1 Å². The van der Waals surface area contributed by atoms with Crippen LogP contribution in [0, 0.1) is 12.8 Å². The fourth-order valence-corrected chi connectivity index (χ4v) is 3.28. The number of primary amides is 1. The number of carbonyl (C=O) groups excluding carboxylic acids is 1. The topological polar surface area (TPSA) is 98.0 Å². The zero-order valence-corrected chi connectivity index (χ0v) is 20.3. The van der Waals surface area contributed by atoms with Gasteiger partial charge in [-0.3, -0.25) is 9.79 Å². The Balaban J connectivity index is 0.00000341. The lowest BCUT2D eigenvalue weighted by atomic mass is 10.1. The molecule has 168 valence electrons. The molecule has 1 aliphatic heterocycles. The molecular formula is C23H31IN4O3. The van der Waals surface area contributed by atoms with E-state index in [1.54, 1.807) is 19.2 Å². The number of benzene rings is 2. The highest BCUT2D eigenvalue weighted by molar-refractivity contribution is 14.0. The Morgan fingerprint density at radius 3 is 2.74 bits per heavy atom. The van der Waals surface area contributed by atoms with Crippen LogP contribution < -0.4 is 21.1 Å². The van der Waals surface area contributed by atoms with Crippen LogP contribution in [-0.4, -0.2) is 38.7 Å². The lowest BCUT2D eigenvalue weighted by Gasteiger charge is -2.17. The Bertz CT molecular complexity index is 898. The van der Waals surface area contributed by atoms with Crippen molar-refractivity contribution in [1.29, 1.82) is 0 Å². The standard InChI is InChI=1S/C23H30N4O3.HI/c1-16-6-7-20(21(10-16)30-15-18-8-9-29-14-18)13-27-23(25-2)26-12-17-4-3-5-19(11-17)22(24)28;/h3-7,10-11,18H,8-9,12-15H2,1-2H3,(H2,24,28)(H2,25,26,27);1H. The van der Waals surface area contributed by atoms with E-state index in [9.17, 15) is 4.79 Å². The van der Waals surface area contributed by atoms with Crippen LogP contribution in [0.4, 0.5) is 0 Å². The van der Waals surface area contributed by atoms with Crippen LogP contribution in [0.2, 0.25) is 0 Å². The molecule has 1 atom stereocenters. The molecule has 0 aromatic heterocycles. The monoisotopic (exact) mass is 538 g/mol. The average Bonchev–Trinajstić information content (AvgIpc) is 3.27. The van der Waals surface area contributed by atoms with Gasteiger partial charge in [0.2, 0.25) is 5.91 Å². The number of rotatable bonds is 8. The fraction of sp³-hybridized carbons (Fsp3) is 0.391. The molecule has 1 heterocycles. The third kappa shape index (κ3) is 7.70. The van der Waals surface area contributed by atoms with Crippen LogP contribution in [-0.2, 0) is 17.8 Å². The van der Waals surface area contributed by atoms with Crippen LogP contribution >= 0.6 is 24.0 Å². The first-order valence-electron chi connectivity index (χ1n) is 10.2. The third-order valence-corrected chi connectivity index (χ3v) is 5.06. The van der Waals surface area contributed by atoms with Gasteiger partial charge in [0.05, 0.1) is 13.2 Å². The molecule has 0 radical (unpaired) electrons. The second kappa shape index (κ2) is 12.5. The minimum Gasteiger partial charge on any atom is -0.493 e. The molecule has 1 aliphatic rings. The molecular weight excluding hydrogens is 507 g/mol. The van der Waals surface area contributed by atoms with Crippen LogP contribution in [0.5, 0.6) is 5.75 Å². The average molecular weight is 538 g/mol. The van der Waals surface area contributed by atoms with Gasteiger partial charge in [0, 0.05) is 43.8 Å². The molecule has 8 heteroatoms. The lowest BCUT2D eigenvalue weighted by molar-refractivity contribution is 0.1000. The van der Waals surface area contributed by atoms with Crippen molar-refractivity contribution >= 4 is 35.8 Å². The van der Waals surface area contributed by atoms with E-state index >= 15 is 0 Å². The molecule has 31 heavy (non-hydrogen) atoms. The fourth-order valence-electron chi connectivity index (χ4n) is 3.28. The normalized spacial score (nSPS) is 15.8. The molecule has 7 nitrogen and oxygen atoms in total. The van der Waals surface area contributed by atoms with E-state index in [0.29, 0.717) is 37.1 Å². The molecule has 4 N–H and O–H groups in total. The highest BCUT2D eigenvalue weighted by atomic mass is 127. The first-order chi connectivity index (χ1) is 14.5. The highest BCUT2D eigenvalue weighted by Gasteiger charge is 2.17. The zero-order chi connectivity index (χ0) is 21.3. The van der Waals surface area contributed by atoms with Crippen molar-refractivity contribution < 1.29 is 14.3 Å². The summed E-state index contributed by atoms with van der Waals surface area (Å²) in [5.41, 5.74) is 9.02. The first kappa shape index (κ1) is 24.9. The summed E-state index contributed by atoms with van der Waals surface area (Å²) in [5, 5.41) is 6.58. The summed E-state index contributed by atoms with van der Waals surface area (Å²) in [5.74, 6) is 1.57. The molecule has 2 aromatic rings. The zero-order valence-electron chi connectivity index (χ0n) is 18.0. The molecule has 0 saturated carbocycles. The summed E-state index contributed by atoms with van der Waals surface area (Å²) < 4.78 is 11.5. The van der Waals surface area contributed by atoms with Gasteiger partial charge >= 0.3 is 0 Å². The molecule has 2 aromatic carbocycles. The minimum absolute atomic E-state index is 0. The van der Waals surface area contributed by atoms with Crippen molar-refractivity contribution in [3.8, 4) is 5.75 Å². The van der Waals surface area contributed by atoms with E-state index in [4.69, 9.17) is 15.2 Å². The Morgan fingerprint density at radius 2 is 2.03 bits per heavy atom. The van der Waals surface area contributed by atoms with E-state index in [1.165, 1.54) is 0 Å². The van der Waals surface area contributed by atoms with Crippen LogP contribution in [0.1, 0.15) is 33.5 Å². The van der Waals surface area contributed by atoms with Gasteiger partial charge in [-0.1, -0.05) is 24.3 Å². The molecule has 1 saturated heterocycles. The SMILES string of the molecule is CN=C(NCc1cccc(C(N)=O)c1)NCc1ccc(C)cc1OCC1CCOC1.I. The minimum atomic E-state index is -0.435. The molecule has 0 bridgehead atoms. The third-order valence-electron chi connectivity index (χ3n) is 5.06. The lowest BCUT2D eigenvalue weighted by Crippen LogP contribution is -2.36. The van der Waals surface area contributed by atoms with E-state index < -0.39 is 5.91 Å². The first-order valence-corrected chi connectivity index (χ1v) is 10.2. The van der Waals surface area contributed by atoms with E-state index in [-0.39, 0.29) is 24.0 Å². The van der Waals surface area contributed by atoms with E-state index in [2.05, 4.69) is 40.7 Å². The van der Waals surface area contributed by atoms with Gasteiger partial charge in [0.15, 0.2) is 5.96 Å². The van der Waals surface area contributed by atoms with Crippen molar-refractivity contribution in [1.82, 2.24) is 10.6 Å². The smallest absolute Gasteiger partial charge is 0.248 e. The molecule has 1 amide bonds. The summed E-state index contributed by atoms with van der Waals surface area (Å²) in [6.07, 6.45) is 1.05. The van der Waals surface area contributed by atoms with Crippen molar-refractivity contribution in [2.24, 2.45) is 16.6 Å². The number of nitrogens with one attached hydrogen (secondary N) is 2. The Labute approximate surface area is 200 Å². The van der Waals surface area contributed by atoms with Gasteiger partial charge in [0.25, 0.3) is 0 Å². The van der Waals surface area contributed by atoms with Crippen molar-refractivity contribution in [3.63, 3.8) is 0 Å². The Hall–Kier alpha value is -2.33. The van der Waals surface area contributed by atoms with Gasteiger partial charge in [-0.05, 0) is 42.7 Å². The molecule has 0 aliphatic carbocycles. The van der Waals surface area contributed by atoms with Gasteiger partial charge in [-0.15, -0.1) is 24.0 Å². The molecule has 1 fully saturated rings. The van der Waals surface area contributed by atoms with Gasteiger partial charge in [0.1, 0.15) is 5.75 Å². The van der Waals surface area contributed by atoms with Crippen LogP contribution in [0.15, 0.2) is 47.5 Å². The Morgan fingerprint density at radius 1 is 1.23 bits per heavy atom. The number of aliphatic imine (C=N–C) groups is 1. The summed E-state index contributed by atoms with van der Waals surface area (Å²) in [4.78, 5) is 15.6. The quantitative estimate of drug-likeness (QED) is 0.273.